The average Bonchev–Trinajstić information content (AvgIpc) is 2.18. The number of nitrogens with one attached hydrogen (secondary N) is 1. The van der Waals surface area contributed by atoms with Crippen LogP contribution in [0.2, 0.25) is 0 Å². The highest BCUT2D eigenvalue weighted by Gasteiger charge is 2.06. The average molecular weight is 187 g/mol. The maximum Gasteiger partial charge on any atom is 0.0726 e. The predicted octanol–water partition coefficient (Wildman–Crippen LogP) is 2.17. The van der Waals surface area contributed by atoms with Gasteiger partial charge in [0.15, 0.2) is 0 Å². The summed E-state index contributed by atoms with van der Waals surface area (Å²) in [4.78, 5) is 4.27. The molecule has 72 valence electrons. The highest BCUT2D eigenvalue weighted by atomic mass is 14.9. The molecule has 0 radical (unpaired) electrons. The van der Waals surface area contributed by atoms with Gasteiger partial charge in [-0.2, -0.15) is 0 Å². The van der Waals surface area contributed by atoms with Crippen LogP contribution in [0.4, 0.5) is 11.4 Å². The molecule has 0 unspecified atom stereocenters. The number of hydrogen-bond acceptors (Lipinski definition) is 3. The van der Waals surface area contributed by atoms with Gasteiger partial charge in [-0.1, -0.05) is 0 Å². The van der Waals surface area contributed by atoms with Crippen LogP contribution in [-0.2, 0) is 0 Å². The number of pyridine rings is 1. The molecule has 2 aromatic rings. The molecule has 1 aromatic heterocycles. The highest BCUT2D eigenvalue weighted by Crippen LogP contribution is 2.30. The summed E-state index contributed by atoms with van der Waals surface area (Å²) in [6.45, 7) is 2.02. The van der Waals surface area contributed by atoms with Gasteiger partial charge in [-0.05, 0) is 30.7 Å². The van der Waals surface area contributed by atoms with Crippen LogP contribution >= 0.6 is 0 Å². The van der Waals surface area contributed by atoms with Crippen LogP contribution in [0.5, 0.6) is 0 Å². The van der Waals surface area contributed by atoms with Crippen molar-refractivity contribution in [1.82, 2.24) is 4.98 Å². The predicted molar refractivity (Wildman–Crippen MR) is 60.4 cm³/mol. The zero-order valence-electron chi connectivity index (χ0n) is 8.33. The molecule has 0 fully saturated rings. The summed E-state index contributed by atoms with van der Waals surface area (Å²) in [6, 6.07) is 5.92. The van der Waals surface area contributed by atoms with Crippen molar-refractivity contribution >= 4 is 22.3 Å². The number of rotatable bonds is 1. The van der Waals surface area contributed by atoms with Gasteiger partial charge in [-0.15, -0.1) is 0 Å². The third kappa shape index (κ3) is 1.18. The largest absolute Gasteiger partial charge is 0.396 e. The Bertz CT molecular complexity index is 477. The topological polar surface area (TPSA) is 50.9 Å². The van der Waals surface area contributed by atoms with E-state index in [1.165, 1.54) is 0 Å². The zero-order chi connectivity index (χ0) is 10.1. The quantitative estimate of drug-likeness (QED) is 0.673. The van der Waals surface area contributed by atoms with Crippen molar-refractivity contribution in [2.24, 2.45) is 0 Å². The summed E-state index contributed by atoms with van der Waals surface area (Å²) in [6.07, 6.45) is 1.78. The highest BCUT2D eigenvalue weighted by molar-refractivity contribution is 5.98. The third-order valence-electron chi connectivity index (χ3n) is 2.40. The maximum atomic E-state index is 6.03. The lowest BCUT2D eigenvalue weighted by Crippen LogP contribution is -1.99. The van der Waals surface area contributed by atoms with E-state index in [0.29, 0.717) is 0 Å². The van der Waals surface area contributed by atoms with E-state index in [9.17, 15) is 0 Å². The Morgan fingerprint density at radius 2 is 2.21 bits per heavy atom. The van der Waals surface area contributed by atoms with Crippen LogP contribution in [0, 0.1) is 6.92 Å². The first kappa shape index (κ1) is 8.81. The first-order valence-corrected chi connectivity index (χ1v) is 4.55. The molecule has 0 amide bonds. The molecule has 0 bridgehead atoms. The van der Waals surface area contributed by atoms with Crippen LogP contribution in [0.15, 0.2) is 24.4 Å². The molecule has 2 rings (SSSR count). The van der Waals surface area contributed by atoms with Crippen LogP contribution < -0.4 is 11.1 Å². The van der Waals surface area contributed by atoms with Gasteiger partial charge in [0.2, 0.25) is 0 Å². The molecular formula is C11H13N3. The molecule has 0 aliphatic carbocycles. The molecule has 14 heavy (non-hydrogen) atoms. The summed E-state index contributed by atoms with van der Waals surface area (Å²) in [5, 5.41) is 4.11. The van der Waals surface area contributed by atoms with Crippen molar-refractivity contribution in [3.63, 3.8) is 0 Å². The van der Waals surface area contributed by atoms with Crippen LogP contribution in [0.1, 0.15) is 5.56 Å². The molecule has 0 aliphatic rings. The number of benzene rings is 1. The first-order valence-electron chi connectivity index (χ1n) is 4.55. The molecule has 0 saturated carbocycles. The summed E-state index contributed by atoms with van der Waals surface area (Å²) in [5.41, 5.74) is 9.86. The number of aryl methyl sites for hydroxylation is 1. The van der Waals surface area contributed by atoms with Crippen molar-refractivity contribution < 1.29 is 0 Å². The molecule has 0 saturated heterocycles. The standard InChI is InChI=1S/C11H13N3/c1-7-6-9-8(4-3-5-14-9)10(12)11(7)13-2/h3-6,13H,12H2,1-2H3. The van der Waals surface area contributed by atoms with Gasteiger partial charge in [-0.3, -0.25) is 4.98 Å². The fraction of sp³-hybridized carbons (Fsp3) is 0.182. The summed E-state index contributed by atoms with van der Waals surface area (Å²) >= 11 is 0. The van der Waals surface area contributed by atoms with E-state index >= 15 is 0 Å². The number of nitrogens with zero attached hydrogens (tertiary/aromatic N) is 1. The minimum atomic E-state index is 0.774. The lowest BCUT2D eigenvalue weighted by molar-refractivity contribution is 1.37. The number of hydrogen-bond donors (Lipinski definition) is 2. The Morgan fingerprint density at radius 3 is 2.93 bits per heavy atom. The Hall–Kier alpha value is -1.77. The lowest BCUT2D eigenvalue weighted by Gasteiger charge is -2.11. The fourth-order valence-electron chi connectivity index (χ4n) is 1.72. The zero-order valence-corrected chi connectivity index (χ0v) is 8.33. The molecule has 1 heterocycles. The number of anilines is 2. The van der Waals surface area contributed by atoms with E-state index in [0.717, 1.165) is 27.8 Å². The Kier molecular flexibility index (Phi) is 2.00. The van der Waals surface area contributed by atoms with Gasteiger partial charge < -0.3 is 11.1 Å². The third-order valence-corrected chi connectivity index (χ3v) is 2.40. The summed E-state index contributed by atoms with van der Waals surface area (Å²) < 4.78 is 0. The SMILES string of the molecule is CNc1c(C)cc2ncccc2c1N. The van der Waals surface area contributed by atoms with Gasteiger partial charge >= 0.3 is 0 Å². The van der Waals surface area contributed by atoms with Gasteiger partial charge in [-0.25, -0.2) is 0 Å². The van der Waals surface area contributed by atoms with Gasteiger partial charge in [0, 0.05) is 18.6 Å². The molecule has 3 heteroatoms. The second kappa shape index (κ2) is 3.18. The van der Waals surface area contributed by atoms with E-state index in [1.807, 2.05) is 32.2 Å². The van der Waals surface area contributed by atoms with E-state index in [4.69, 9.17) is 5.73 Å². The molecule has 0 aliphatic heterocycles. The van der Waals surface area contributed by atoms with Crippen LogP contribution in [0.25, 0.3) is 10.9 Å². The number of fused-ring (bicyclic) bond motifs is 1. The van der Waals surface area contributed by atoms with Crippen molar-refractivity contribution in [2.75, 3.05) is 18.1 Å². The second-order valence-corrected chi connectivity index (χ2v) is 3.30. The molecule has 3 nitrogen and oxygen atoms in total. The Morgan fingerprint density at radius 1 is 1.43 bits per heavy atom. The minimum Gasteiger partial charge on any atom is -0.396 e. The van der Waals surface area contributed by atoms with Crippen molar-refractivity contribution in [2.45, 2.75) is 6.92 Å². The van der Waals surface area contributed by atoms with Crippen LogP contribution in [0.3, 0.4) is 0 Å². The number of aromatic nitrogens is 1. The normalized spacial score (nSPS) is 10.4. The Balaban J connectivity index is 2.86. The smallest absolute Gasteiger partial charge is 0.0726 e. The van der Waals surface area contributed by atoms with Crippen LogP contribution in [-0.4, -0.2) is 12.0 Å². The van der Waals surface area contributed by atoms with Crippen molar-refractivity contribution in [1.29, 1.82) is 0 Å². The lowest BCUT2D eigenvalue weighted by atomic mass is 10.1. The monoisotopic (exact) mass is 187 g/mol. The van der Waals surface area contributed by atoms with E-state index in [2.05, 4.69) is 10.3 Å². The van der Waals surface area contributed by atoms with Crippen molar-refractivity contribution in [3.8, 4) is 0 Å². The minimum absolute atomic E-state index is 0.774. The molecule has 0 spiro atoms. The van der Waals surface area contributed by atoms with E-state index < -0.39 is 0 Å². The Labute approximate surface area is 83.0 Å². The molecule has 1 aromatic carbocycles. The first-order chi connectivity index (χ1) is 6.74. The summed E-state index contributed by atoms with van der Waals surface area (Å²) in [5.74, 6) is 0. The van der Waals surface area contributed by atoms with Crippen molar-refractivity contribution in [3.05, 3.63) is 30.0 Å². The maximum absolute atomic E-state index is 6.03. The molecule has 3 N–H and O–H groups in total. The van der Waals surface area contributed by atoms with Gasteiger partial charge in [0.25, 0.3) is 0 Å². The summed E-state index contributed by atoms with van der Waals surface area (Å²) in [7, 11) is 1.88. The van der Waals surface area contributed by atoms with E-state index in [-0.39, 0.29) is 0 Å². The molecule has 0 atom stereocenters. The van der Waals surface area contributed by atoms with Gasteiger partial charge in [0.05, 0.1) is 16.9 Å². The fourth-order valence-corrected chi connectivity index (χ4v) is 1.72. The number of nitrogen functional groups attached to an aromatic ring is 1. The van der Waals surface area contributed by atoms with E-state index in [1.54, 1.807) is 6.20 Å². The van der Waals surface area contributed by atoms with Gasteiger partial charge in [0.1, 0.15) is 0 Å². The second-order valence-electron chi connectivity index (χ2n) is 3.30. The molecular weight excluding hydrogens is 174 g/mol. The number of nitrogens with two attached hydrogens (primary N) is 1.